The fourth-order valence-electron chi connectivity index (χ4n) is 1.95. The SMILES string of the molecule is COc1ccc(NC(=O)c2cc(SC)ccc2Cl)cc1OC(F)F. The van der Waals surface area contributed by atoms with E-state index in [9.17, 15) is 13.6 Å². The normalized spacial score (nSPS) is 10.6. The highest BCUT2D eigenvalue weighted by Crippen LogP contribution is 2.32. The van der Waals surface area contributed by atoms with Gasteiger partial charge in [-0.25, -0.2) is 0 Å². The third-order valence-electron chi connectivity index (χ3n) is 3.06. The van der Waals surface area contributed by atoms with E-state index >= 15 is 0 Å². The number of carbonyl (C=O) groups is 1. The molecule has 2 aromatic carbocycles. The van der Waals surface area contributed by atoms with Gasteiger partial charge in [0.05, 0.1) is 17.7 Å². The number of alkyl halides is 2. The topological polar surface area (TPSA) is 47.6 Å². The van der Waals surface area contributed by atoms with Crippen LogP contribution in [0.5, 0.6) is 11.5 Å². The minimum absolute atomic E-state index is 0.135. The first-order valence-electron chi connectivity index (χ1n) is 6.72. The summed E-state index contributed by atoms with van der Waals surface area (Å²) in [6.45, 7) is -3.00. The van der Waals surface area contributed by atoms with Crippen LogP contribution in [0.3, 0.4) is 0 Å². The number of hydrogen-bond donors (Lipinski definition) is 1. The van der Waals surface area contributed by atoms with E-state index < -0.39 is 12.5 Å². The number of thioether (sulfide) groups is 1. The molecule has 0 radical (unpaired) electrons. The fraction of sp³-hybridized carbons (Fsp3) is 0.188. The van der Waals surface area contributed by atoms with E-state index in [1.165, 1.54) is 37.1 Å². The largest absolute Gasteiger partial charge is 0.493 e. The molecule has 0 bridgehead atoms. The zero-order valence-electron chi connectivity index (χ0n) is 12.8. The second kappa shape index (κ2) is 8.21. The molecule has 0 aromatic heterocycles. The number of nitrogens with one attached hydrogen (secondary N) is 1. The molecule has 4 nitrogen and oxygen atoms in total. The fourth-order valence-corrected chi connectivity index (χ4v) is 2.59. The standard InChI is InChI=1S/C16H14ClF2NO3S/c1-22-13-6-3-9(7-14(13)23-16(18)19)20-15(21)11-8-10(24-2)4-5-12(11)17/h3-8,16H,1-2H3,(H,20,21). The summed E-state index contributed by atoms with van der Waals surface area (Å²) < 4.78 is 34.2. The summed E-state index contributed by atoms with van der Waals surface area (Å²) in [4.78, 5) is 13.2. The molecular formula is C16H14ClF2NO3S. The zero-order valence-corrected chi connectivity index (χ0v) is 14.4. The molecule has 1 N–H and O–H groups in total. The van der Waals surface area contributed by atoms with Crippen LogP contribution >= 0.6 is 23.4 Å². The second-order valence-electron chi connectivity index (χ2n) is 4.54. The Hall–Kier alpha value is -1.99. The summed E-state index contributed by atoms with van der Waals surface area (Å²) in [6.07, 6.45) is 1.88. The maximum Gasteiger partial charge on any atom is 0.387 e. The van der Waals surface area contributed by atoms with Gasteiger partial charge < -0.3 is 14.8 Å². The van der Waals surface area contributed by atoms with Crippen LogP contribution in [0.1, 0.15) is 10.4 Å². The molecule has 0 saturated heterocycles. The highest BCUT2D eigenvalue weighted by molar-refractivity contribution is 7.98. The van der Waals surface area contributed by atoms with Crippen LogP contribution < -0.4 is 14.8 Å². The number of ether oxygens (including phenoxy) is 2. The van der Waals surface area contributed by atoms with Crippen molar-refractivity contribution in [3.8, 4) is 11.5 Å². The van der Waals surface area contributed by atoms with E-state index in [1.807, 2.05) is 6.26 Å². The van der Waals surface area contributed by atoms with Gasteiger partial charge >= 0.3 is 6.61 Å². The molecule has 0 saturated carbocycles. The summed E-state index contributed by atoms with van der Waals surface area (Å²) >= 11 is 7.52. The van der Waals surface area contributed by atoms with Crippen molar-refractivity contribution >= 4 is 35.0 Å². The maximum atomic E-state index is 12.4. The lowest BCUT2D eigenvalue weighted by Gasteiger charge is -2.13. The smallest absolute Gasteiger partial charge is 0.387 e. The lowest BCUT2D eigenvalue weighted by molar-refractivity contribution is -0.0511. The van der Waals surface area contributed by atoms with E-state index in [2.05, 4.69) is 10.1 Å². The van der Waals surface area contributed by atoms with Crippen molar-refractivity contribution in [1.29, 1.82) is 0 Å². The summed E-state index contributed by atoms with van der Waals surface area (Å²) in [6, 6.07) is 9.28. The van der Waals surface area contributed by atoms with Gasteiger partial charge in [0.15, 0.2) is 11.5 Å². The Morgan fingerprint density at radius 2 is 1.96 bits per heavy atom. The zero-order chi connectivity index (χ0) is 17.7. The van der Waals surface area contributed by atoms with E-state index in [0.717, 1.165) is 4.90 Å². The molecule has 1 amide bonds. The van der Waals surface area contributed by atoms with E-state index in [0.29, 0.717) is 5.02 Å². The summed E-state index contributed by atoms with van der Waals surface area (Å²) in [5, 5.41) is 2.90. The quantitative estimate of drug-likeness (QED) is 0.730. The summed E-state index contributed by atoms with van der Waals surface area (Å²) in [7, 11) is 1.33. The number of anilines is 1. The van der Waals surface area contributed by atoms with E-state index in [-0.39, 0.29) is 22.7 Å². The highest BCUT2D eigenvalue weighted by Gasteiger charge is 2.15. The molecule has 0 unspecified atom stereocenters. The molecule has 2 rings (SSSR count). The van der Waals surface area contributed by atoms with Crippen molar-refractivity contribution in [3.05, 3.63) is 47.0 Å². The van der Waals surface area contributed by atoms with Gasteiger partial charge in [-0.1, -0.05) is 11.6 Å². The number of methoxy groups -OCH3 is 1. The molecule has 0 aliphatic rings. The first kappa shape index (κ1) is 18.4. The Labute approximate surface area is 147 Å². The second-order valence-corrected chi connectivity index (χ2v) is 5.83. The predicted octanol–water partition coefficient (Wildman–Crippen LogP) is 4.92. The third kappa shape index (κ3) is 4.52. The molecule has 0 heterocycles. The average Bonchev–Trinajstić information content (AvgIpc) is 2.55. The number of amides is 1. The summed E-state index contributed by atoms with van der Waals surface area (Å²) in [5.41, 5.74) is 0.567. The minimum atomic E-state index is -3.00. The van der Waals surface area contributed by atoms with Crippen LogP contribution in [-0.4, -0.2) is 25.9 Å². The number of benzene rings is 2. The first-order chi connectivity index (χ1) is 11.4. The first-order valence-corrected chi connectivity index (χ1v) is 8.32. The molecule has 2 aromatic rings. The Kier molecular flexibility index (Phi) is 6.28. The van der Waals surface area contributed by atoms with Crippen molar-refractivity contribution in [1.82, 2.24) is 0 Å². The van der Waals surface area contributed by atoms with Crippen LogP contribution in [0.15, 0.2) is 41.3 Å². The van der Waals surface area contributed by atoms with Crippen molar-refractivity contribution in [2.75, 3.05) is 18.7 Å². The van der Waals surface area contributed by atoms with Gasteiger partial charge in [-0.3, -0.25) is 4.79 Å². The Bertz CT molecular complexity index is 743. The van der Waals surface area contributed by atoms with Gasteiger partial charge in [-0.2, -0.15) is 8.78 Å². The van der Waals surface area contributed by atoms with Gasteiger partial charge in [0.25, 0.3) is 5.91 Å². The van der Waals surface area contributed by atoms with Crippen LogP contribution in [0.2, 0.25) is 5.02 Å². The van der Waals surface area contributed by atoms with Crippen molar-refractivity contribution in [2.24, 2.45) is 0 Å². The Morgan fingerprint density at radius 1 is 1.21 bits per heavy atom. The van der Waals surface area contributed by atoms with E-state index in [1.54, 1.807) is 18.2 Å². The van der Waals surface area contributed by atoms with Gasteiger partial charge in [-0.05, 0) is 36.6 Å². The van der Waals surface area contributed by atoms with Crippen LogP contribution in [0.4, 0.5) is 14.5 Å². The molecule has 0 aliphatic heterocycles. The molecule has 0 spiro atoms. The van der Waals surface area contributed by atoms with Crippen LogP contribution in [0.25, 0.3) is 0 Å². The van der Waals surface area contributed by atoms with E-state index in [4.69, 9.17) is 16.3 Å². The van der Waals surface area contributed by atoms with Gasteiger partial charge in [-0.15, -0.1) is 11.8 Å². The Morgan fingerprint density at radius 3 is 2.58 bits per heavy atom. The molecule has 0 atom stereocenters. The van der Waals surface area contributed by atoms with Gasteiger partial charge in [0.2, 0.25) is 0 Å². The monoisotopic (exact) mass is 373 g/mol. The van der Waals surface area contributed by atoms with Crippen molar-refractivity contribution in [3.63, 3.8) is 0 Å². The highest BCUT2D eigenvalue weighted by atomic mass is 35.5. The number of rotatable bonds is 6. The molecule has 24 heavy (non-hydrogen) atoms. The minimum Gasteiger partial charge on any atom is -0.493 e. The lowest BCUT2D eigenvalue weighted by atomic mass is 10.2. The van der Waals surface area contributed by atoms with Gasteiger partial charge in [0.1, 0.15) is 0 Å². The van der Waals surface area contributed by atoms with Crippen LogP contribution in [0, 0.1) is 0 Å². The third-order valence-corrected chi connectivity index (χ3v) is 4.11. The maximum absolute atomic E-state index is 12.4. The molecule has 0 fully saturated rings. The number of hydrogen-bond acceptors (Lipinski definition) is 4. The Balaban J connectivity index is 2.26. The number of halogens is 3. The predicted molar refractivity (Wildman–Crippen MR) is 90.8 cm³/mol. The summed E-state index contributed by atoms with van der Waals surface area (Å²) in [5.74, 6) is -0.492. The number of carbonyl (C=O) groups excluding carboxylic acids is 1. The van der Waals surface area contributed by atoms with Crippen molar-refractivity contribution < 1.29 is 23.0 Å². The molecule has 0 aliphatic carbocycles. The molecular weight excluding hydrogens is 360 g/mol. The average molecular weight is 374 g/mol. The molecule has 8 heteroatoms. The van der Waals surface area contributed by atoms with Crippen LogP contribution in [-0.2, 0) is 0 Å². The lowest BCUT2D eigenvalue weighted by Crippen LogP contribution is -2.13. The van der Waals surface area contributed by atoms with Gasteiger partial charge in [0, 0.05) is 16.6 Å². The van der Waals surface area contributed by atoms with Crippen molar-refractivity contribution in [2.45, 2.75) is 11.5 Å². The molecule has 128 valence electrons.